The number of nitro groups is 1. The fourth-order valence-corrected chi connectivity index (χ4v) is 3.53. The first-order chi connectivity index (χ1) is 12.2. The minimum absolute atomic E-state index is 0. The van der Waals surface area contributed by atoms with Gasteiger partial charge in [-0.25, -0.2) is 0 Å². The Kier molecular flexibility index (Phi) is 7.66. The van der Waals surface area contributed by atoms with Gasteiger partial charge in [-0.05, 0) is 51.4 Å². The van der Waals surface area contributed by atoms with Crippen molar-refractivity contribution in [3.05, 3.63) is 28.3 Å². The molecule has 1 saturated heterocycles. The third kappa shape index (κ3) is 4.86. The number of ether oxygens (including phenoxy) is 1. The molecule has 7 nitrogen and oxygen atoms in total. The highest BCUT2D eigenvalue weighted by Crippen LogP contribution is 2.28. The summed E-state index contributed by atoms with van der Waals surface area (Å²) in [6.45, 7) is 4.49. The second kappa shape index (κ2) is 9.73. The molecule has 0 N–H and O–H groups in total. The Morgan fingerprint density at radius 1 is 1.15 bits per heavy atom. The van der Waals surface area contributed by atoms with E-state index in [0.29, 0.717) is 11.3 Å². The zero-order chi connectivity index (χ0) is 17.6. The zero-order valence-electron chi connectivity index (χ0n) is 15.2. The van der Waals surface area contributed by atoms with E-state index in [4.69, 9.17) is 4.74 Å². The van der Waals surface area contributed by atoms with Crippen molar-refractivity contribution < 1.29 is 9.66 Å². The lowest BCUT2D eigenvalue weighted by molar-refractivity contribution is -0.384. The highest BCUT2D eigenvalue weighted by molar-refractivity contribution is 5.86. The molecule has 26 heavy (non-hydrogen) atoms. The number of nitro benzene ring substituents is 1. The molecule has 3 rings (SSSR count). The van der Waals surface area contributed by atoms with Gasteiger partial charge in [-0.3, -0.25) is 14.8 Å². The number of aromatic nitrogens is 2. The van der Waals surface area contributed by atoms with E-state index in [1.54, 1.807) is 13.2 Å². The number of nitrogens with zero attached hydrogens (tertiary/aromatic N) is 4. The van der Waals surface area contributed by atoms with Crippen LogP contribution in [-0.4, -0.2) is 46.3 Å². The number of likely N-dealkylation sites (tertiary alicyclic amines) is 1. The number of aryl methyl sites for hydroxylation is 1. The van der Waals surface area contributed by atoms with E-state index in [1.165, 1.54) is 57.5 Å². The van der Waals surface area contributed by atoms with Crippen LogP contribution in [0.4, 0.5) is 5.69 Å². The molecule has 8 heteroatoms. The van der Waals surface area contributed by atoms with Crippen LogP contribution in [0.5, 0.6) is 5.88 Å². The number of hydrogen-bond acceptors (Lipinski definition) is 5. The van der Waals surface area contributed by atoms with Gasteiger partial charge in [0.25, 0.3) is 5.69 Å². The standard InChI is InChI=1S/C18H26N4O3.ClH/c1-25-18-16-14-15(22(23)24)8-9-17(16)21(19-18)13-7-3-6-12-20-10-4-2-5-11-20;/h8-9,14H,2-7,10-13H2,1H3;1H. The van der Waals surface area contributed by atoms with Crippen molar-refractivity contribution >= 4 is 29.0 Å². The normalized spacial score (nSPS) is 15.0. The molecule has 0 radical (unpaired) electrons. The molecule has 144 valence electrons. The lowest BCUT2D eigenvalue weighted by Crippen LogP contribution is -2.30. The summed E-state index contributed by atoms with van der Waals surface area (Å²) in [6.07, 6.45) is 7.47. The summed E-state index contributed by atoms with van der Waals surface area (Å²) >= 11 is 0. The maximum absolute atomic E-state index is 11.0. The average molecular weight is 383 g/mol. The molecule has 1 aromatic heterocycles. The summed E-state index contributed by atoms with van der Waals surface area (Å²) in [5.74, 6) is 0.451. The highest BCUT2D eigenvalue weighted by Gasteiger charge is 2.15. The summed E-state index contributed by atoms with van der Waals surface area (Å²) in [7, 11) is 1.55. The van der Waals surface area contributed by atoms with Crippen molar-refractivity contribution in [3.63, 3.8) is 0 Å². The number of rotatable bonds is 8. The molecule has 1 aliphatic rings. The quantitative estimate of drug-likeness (QED) is 0.391. The molecule has 0 spiro atoms. The molecule has 2 heterocycles. The van der Waals surface area contributed by atoms with Gasteiger partial charge in [0.1, 0.15) is 0 Å². The summed E-state index contributed by atoms with van der Waals surface area (Å²) in [5.41, 5.74) is 0.949. The Morgan fingerprint density at radius 2 is 1.88 bits per heavy atom. The average Bonchev–Trinajstić information content (AvgIpc) is 2.99. The number of piperidine rings is 1. The number of benzene rings is 1. The molecule has 1 fully saturated rings. The number of non-ortho nitro benzene ring substituents is 1. The number of hydrogen-bond donors (Lipinski definition) is 0. The molecule has 1 aliphatic heterocycles. The lowest BCUT2D eigenvalue weighted by atomic mass is 10.1. The maximum atomic E-state index is 11.0. The predicted molar refractivity (Wildman–Crippen MR) is 104 cm³/mol. The van der Waals surface area contributed by atoms with Crippen LogP contribution < -0.4 is 4.74 Å². The van der Waals surface area contributed by atoms with E-state index in [2.05, 4.69) is 10.00 Å². The SMILES string of the molecule is COc1nn(CCCCCN2CCCCC2)c2ccc([N+](=O)[O-])cc12.Cl. The van der Waals surface area contributed by atoms with Gasteiger partial charge in [0.15, 0.2) is 0 Å². The highest BCUT2D eigenvalue weighted by atomic mass is 35.5. The first kappa shape index (κ1) is 20.5. The van der Waals surface area contributed by atoms with E-state index in [-0.39, 0.29) is 18.1 Å². The minimum atomic E-state index is -0.392. The van der Waals surface area contributed by atoms with E-state index in [9.17, 15) is 10.1 Å². The molecular weight excluding hydrogens is 356 g/mol. The molecule has 0 aliphatic carbocycles. The largest absolute Gasteiger partial charge is 0.479 e. The summed E-state index contributed by atoms with van der Waals surface area (Å²) in [5, 5.41) is 16.1. The second-order valence-electron chi connectivity index (χ2n) is 6.65. The van der Waals surface area contributed by atoms with Crippen molar-refractivity contribution in [1.82, 2.24) is 14.7 Å². The van der Waals surface area contributed by atoms with Crippen LogP contribution in [0.1, 0.15) is 38.5 Å². The Morgan fingerprint density at radius 3 is 2.58 bits per heavy atom. The molecule has 2 aromatic rings. The molecule has 0 unspecified atom stereocenters. The summed E-state index contributed by atoms with van der Waals surface area (Å²) in [4.78, 5) is 13.1. The molecule has 0 bridgehead atoms. The van der Waals surface area contributed by atoms with Gasteiger partial charge in [-0.1, -0.05) is 12.8 Å². The van der Waals surface area contributed by atoms with Crippen LogP contribution >= 0.6 is 12.4 Å². The molecule has 0 atom stereocenters. The number of methoxy groups -OCH3 is 1. The van der Waals surface area contributed by atoms with Crippen molar-refractivity contribution in [2.75, 3.05) is 26.7 Å². The zero-order valence-corrected chi connectivity index (χ0v) is 16.0. The van der Waals surface area contributed by atoms with Gasteiger partial charge in [-0.2, -0.15) is 0 Å². The molecular formula is C18H27ClN4O3. The van der Waals surface area contributed by atoms with Gasteiger partial charge in [0.05, 0.1) is 22.9 Å². The van der Waals surface area contributed by atoms with Gasteiger partial charge >= 0.3 is 0 Å². The first-order valence-corrected chi connectivity index (χ1v) is 9.10. The summed E-state index contributed by atoms with van der Waals surface area (Å²) in [6, 6.07) is 4.82. The fourth-order valence-electron chi connectivity index (χ4n) is 3.53. The Hall–Kier alpha value is -1.86. The van der Waals surface area contributed by atoms with Crippen LogP contribution in [-0.2, 0) is 6.54 Å². The van der Waals surface area contributed by atoms with Gasteiger partial charge in [0, 0.05) is 18.7 Å². The maximum Gasteiger partial charge on any atom is 0.270 e. The fraction of sp³-hybridized carbons (Fsp3) is 0.611. The number of fused-ring (bicyclic) bond motifs is 1. The minimum Gasteiger partial charge on any atom is -0.479 e. The van der Waals surface area contributed by atoms with Crippen molar-refractivity contribution in [2.45, 2.75) is 45.1 Å². The first-order valence-electron chi connectivity index (χ1n) is 9.10. The third-order valence-electron chi connectivity index (χ3n) is 4.90. The van der Waals surface area contributed by atoms with Gasteiger partial charge in [0.2, 0.25) is 5.88 Å². The predicted octanol–water partition coefficient (Wildman–Crippen LogP) is 4.03. The summed E-state index contributed by atoms with van der Waals surface area (Å²) < 4.78 is 7.19. The third-order valence-corrected chi connectivity index (χ3v) is 4.90. The molecule has 0 saturated carbocycles. The van der Waals surface area contributed by atoms with Gasteiger partial charge < -0.3 is 9.64 Å². The lowest BCUT2D eigenvalue weighted by Gasteiger charge is -2.26. The van der Waals surface area contributed by atoms with Crippen LogP contribution in [0, 0.1) is 10.1 Å². The van der Waals surface area contributed by atoms with Crippen LogP contribution in [0.25, 0.3) is 10.9 Å². The van der Waals surface area contributed by atoms with Crippen molar-refractivity contribution in [1.29, 1.82) is 0 Å². The Bertz CT molecular complexity index is 729. The molecule has 0 amide bonds. The number of unbranched alkanes of at least 4 members (excludes halogenated alkanes) is 2. The van der Waals surface area contributed by atoms with E-state index >= 15 is 0 Å². The molecule has 1 aromatic carbocycles. The van der Waals surface area contributed by atoms with Crippen LogP contribution in [0.3, 0.4) is 0 Å². The van der Waals surface area contributed by atoms with Crippen LogP contribution in [0.15, 0.2) is 18.2 Å². The van der Waals surface area contributed by atoms with Crippen LogP contribution in [0.2, 0.25) is 0 Å². The topological polar surface area (TPSA) is 73.4 Å². The van der Waals surface area contributed by atoms with Crippen molar-refractivity contribution in [2.24, 2.45) is 0 Å². The van der Waals surface area contributed by atoms with Crippen molar-refractivity contribution in [3.8, 4) is 5.88 Å². The monoisotopic (exact) mass is 382 g/mol. The van der Waals surface area contributed by atoms with E-state index in [0.717, 1.165) is 24.9 Å². The van der Waals surface area contributed by atoms with E-state index in [1.807, 2.05) is 4.68 Å². The second-order valence-corrected chi connectivity index (χ2v) is 6.65. The van der Waals surface area contributed by atoms with Gasteiger partial charge in [-0.15, -0.1) is 17.5 Å². The number of halogens is 1. The van der Waals surface area contributed by atoms with E-state index < -0.39 is 4.92 Å². The smallest absolute Gasteiger partial charge is 0.270 e. The Balaban J connectivity index is 0.00000243. The Labute approximate surface area is 159 Å².